The first-order chi connectivity index (χ1) is 9.65. The van der Waals surface area contributed by atoms with Crippen LogP contribution in [0.5, 0.6) is 5.75 Å². The first kappa shape index (κ1) is 13.5. The molecule has 2 unspecified atom stereocenters. The number of hydrogen-bond donors (Lipinski definition) is 1. The third-order valence-corrected chi connectivity index (χ3v) is 4.14. The second kappa shape index (κ2) is 5.46. The molecule has 1 fully saturated rings. The number of nitrogens with zero attached hydrogens (tertiary/aromatic N) is 1. The Bertz CT molecular complexity index is 590. The van der Waals surface area contributed by atoms with Gasteiger partial charge in [0, 0.05) is 11.9 Å². The van der Waals surface area contributed by atoms with Gasteiger partial charge in [0.25, 0.3) is 0 Å². The average Bonchev–Trinajstić information content (AvgIpc) is 3.04. The van der Waals surface area contributed by atoms with Crippen molar-refractivity contribution in [2.45, 2.75) is 26.0 Å². The summed E-state index contributed by atoms with van der Waals surface area (Å²) in [6.07, 6.45) is 0.839. The molecule has 1 aliphatic heterocycles. The lowest BCUT2D eigenvalue weighted by Gasteiger charge is -2.15. The molecule has 4 nitrogen and oxygen atoms in total. The number of methoxy groups -OCH3 is 1. The minimum atomic E-state index is -0.222. The normalized spacial score (nSPS) is 21.4. The van der Waals surface area contributed by atoms with Gasteiger partial charge < -0.3 is 14.3 Å². The number of furan rings is 1. The van der Waals surface area contributed by atoms with Crippen LogP contribution < -0.4 is 4.74 Å². The monoisotopic (exact) mass is 275 g/mol. The van der Waals surface area contributed by atoms with Crippen LogP contribution in [0.1, 0.15) is 19.1 Å². The molecule has 1 aromatic carbocycles. The lowest BCUT2D eigenvalue weighted by Crippen LogP contribution is -2.23. The van der Waals surface area contributed by atoms with E-state index in [9.17, 15) is 5.11 Å². The topological polar surface area (TPSA) is 45.8 Å². The van der Waals surface area contributed by atoms with Crippen LogP contribution in [0.2, 0.25) is 0 Å². The minimum Gasteiger partial charge on any atom is -0.497 e. The quantitative estimate of drug-likeness (QED) is 0.931. The number of fused-ring (bicyclic) bond motifs is 1. The van der Waals surface area contributed by atoms with E-state index in [0.29, 0.717) is 5.92 Å². The molecule has 20 heavy (non-hydrogen) atoms. The molecule has 1 N–H and O–H groups in total. The number of aliphatic hydroxyl groups is 1. The molecule has 0 aliphatic carbocycles. The highest BCUT2D eigenvalue weighted by atomic mass is 16.5. The number of benzene rings is 1. The highest BCUT2D eigenvalue weighted by Gasteiger charge is 2.26. The van der Waals surface area contributed by atoms with Crippen molar-refractivity contribution < 1.29 is 14.3 Å². The molecule has 0 saturated carbocycles. The van der Waals surface area contributed by atoms with Crippen LogP contribution in [0, 0.1) is 5.92 Å². The lowest BCUT2D eigenvalue weighted by atomic mass is 10.0. The predicted molar refractivity (Wildman–Crippen MR) is 77.8 cm³/mol. The summed E-state index contributed by atoms with van der Waals surface area (Å²) in [4.78, 5) is 2.34. The predicted octanol–water partition coefficient (Wildman–Crippen LogP) is 2.64. The molecule has 1 saturated heterocycles. The smallest absolute Gasteiger partial charge is 0.134 e. The number of aliphatic hydroxyl groups excluding tert-OH is 1. The SMILES string of the molecule is COc1ccc2oc(CN3CCC(C(C)O)C3)cc2c1. The Balaban J connectivity index is 1.72. The lowest BCUT2D eigenvalue weighted by molar-refractivity contribution is 0.126. The van der Waals surface area contributed by atoms with Crippen LogP contribution in [-0.4, -0.2) is 36.3 Å². The van der Waals surface area contributed by atoms with E-state index in [1.54, 1.807) is 7.11 Å². The highest BCUT2D eigenvalue weighted by Crippen LogP contribution is 2.27. The highest BCUT2D eigenvalue weighted by molar-refractivity contribution is 5.79. The van der Waals surface area contributed by atoms with Gasteiger partial charge in [-0.15, -0.1) is 0 Å². The van der Waals surface area contributed by atoms with Gasteiger partial charge in [0.15, 0.2) is 0 Å². The number of likely N-dealkylation sites (tertiary alicyclic amines) is 1. The zero-order chi connectivity index (χ0) is 14.1. The van der Waals surface area contributed by atoms with Gasteiger partial charge in [-0.3, -0.25) is 4.90 Å². The fraction of sp³-hybridized carbons (Fsp3) is 0.500. The Hall–Kier alpha value is -1.52. The van der Waals surface area contributed by atoms with Crippen LogP contribution in [0.15, 0.2) is 28.7 Å². The Morgan fingerprint density at radius 2 is 2.30 bits per heavy atom. The van der Waals surface area contributed by atoms with Gasteiger partial charge >= 0.3 is 0 Å². The molecule has 3 rings (SSSR count). The summed E-state index contributed by atoms with van der Waals surface area (Å²) >= 11 is 0. The molecule has 1 aromatic heterocycles. The number of ether oxygens (including phenoxy) is 1. The van der Waals surface area contributed by atoms with E-state index >= 15 is 0 Å². The van der Waals surface area contributed by atoms with Crippen molar-refractivity contribution in [2.24, 2.45) is 5.92 Å². The summed E-state index contributed by atoms with van der Waals surface area (Å²) in [5.74, 6) is 2.21. The van der Waals surface area contributed by atoms with E-state index in [4.69, 9.17) is 9.15 Å². The molecule has 0 spiro atoms. The van der Waals surface area contributed by atoms with Gasteiger partial charge in [-0.1, -0.05) is 0 Å². The fourth-order valence-electron chi connectivity index (χ4n) is 2.90. The molecule has 0 bridgehead atoms. The summed E-state index contributed by atoms with van der Waals surface area (Å²) in [5.41, 5.74) is 0.895. The molecule has 0 radical (unpaired) electrons. The van der Waals surface area contributed by atoms with E-state index in [2.05, 4.69) is 11.0 Å². The van der Waals surface area contributed by atoms with Crippen molar-refractivity contribution in [2.75, 3.05) is 20.2 Å². The number of rotatable bonds is 4. The zero-order valence-corrected chi connectivity index (χ0v) is 12.0. The van der Waals surface area contributed by atoms with Crippen molar-refractivity contribution >= 4 is 11.0 Å². The number of hydrogen-bond acceptors (Lipinski definition) is 4. The van der Waals surface area contributed by atoms with Crippen LogP contribution >= 0.6 is 0 Å². The third-order valence-electron chi connectivity index (χ3n) is 4.14. The third kappa shape index (κ3) is 2.67. The van der Waals surface area contributed by atoms with E-state index in [0.717, 1.165) is 48.5 Å². The first-order valence-electron chi connectivity index (χ1n) is 7.12. The van der Waals surface area contributed by atoms with E-state index in [-0.39, 0.29) is 6.10 Å². The molecule has 1 aliphatic rings. The Labute approximate surface area is 118 Å². The van der Waals surface area contributed by atoms with Crippen molar-refractivity contribution in [3.8, 4) is 5.75 Å². The van der Waals surface area contributed by atoms with E-state index in [1.807, 2.05) is 25.1 Å². The molecule has 0 amide bonds. The Kier molecular flexibility index (Phi) is 3.68. The summed E-state index contributed by atoms with van der Waals surface area (Å²) in [6.45, 7) is 4.65. The van der Waals surface area contributed by atoms with Gasteiger partial charge in [-0.2, -0.15) is 0 Å². The van der Waals surface area contributed by atoms with Gasteiger partial charge in [0.2, 0.25) is 0 Å². The minimum absolute atomic E-state index is 0.222. The molecular weight excluding hydrogens is 254 g/mol. The summed E-state index contributed by atoms with van der Waals surface area (Å²) < 4.78 is 11.1. The maximum absolute atomic E-state index is 9.64. The van der Waals surface area contributed by atoms with Crippen LogP contribution in [-0.2, 0) is 6.54 Å². The second-order valence-corrected chi connectivity index (χ2v) is 5.64. The van der Waals surface area contributed by atoms with Crippen molar-refractivity contribution in [1.29, 1.82) is 0 Å². The second-order valence-electron chi connectivity index (χ2n) is 5.64. The van der Waals surface area contributed by atoms with Crippen LogP contribution in [0.25, 0.3) is 11.0 Å². The van der Waals surface area contributed by atoms with Gasteiger partial charge in [0.05, 0.1) is 19.8 Å². The van der Waals surface area contributed by atoms with E-state index < -0.39 is 0 Å². The van der Waals surface area contributed by atoms with Gasteiger partial charge in [-0.25, -0.2) is 0 Å². The molecular formula is C16H21NO3. The summed E-state index contributed by atoms with van der Waals surface area (Å²) in [5, 5.41) is 10.7. The average molecular weight is 275 g/mol. The van der Waals surface area contributed by atoms with E-state index in [1.165, 1.54) is 0 Å². The molecule has 2 atom stereocenters. The molecule has 4 heteroatoms. The van der Waals surface area contributed by atoms with Crippen molar-refractivity contribution in [1.82, 2.24) is 4.90 Å². The van der Waals surface area contributed by atoms with Gasteiger partial charge in [-0.05, 0) is 50.1 Å². The molecule has 2 heterocycles. The largest absolute Gasteiger partial charge is 0.497 e. The Morgan fingerprint density at radius 1 is 1.45 bits per heavy atom. The van der Waals surface area contributed by atoms with Crippen LogP contribution in [0.3, 0.4) is 0 Å². The maximum atomic E-state index is 9.64. The Morgan fingerprint density at radius 3 is 3.00 bits per heavy atom. The summed E-state index contributed by atoms with van der Waals surface area (Å²) in [6, 6.07) is 7.92. The first-order valence-corrected chi connectivity index (χ1v) is 7.12. The zero-order valence-electron chi connectivity index (χ0n) is 12.0. The maximum Gasteiger partial charge on any atom is 0.134 e. The van der Waals surface area contributed by atoms with Gasteiger partial charge in [0.1, 0.15) is 17.1 Å². The fourth-order valence-corrected chi connectivity index (χ4v) is 2.90. The van der Waals surface area contributed by atoms with Crippen LogP contribution in [0.4, 0.5) is 0 Å². The summed E-state index contributed by atoms with van der Waals surface area (Å²) in [7, 11) is 1.67. The van der Waals surface area contributed by atoms with Crippen molar-refractivity contribution in [3.63, 3.8) is 0 Å². The molecule has 108 valence electrons. The van der Waals surface area contributed by atoms with Crippen molar-refractivity contribution in [3.05, 3.63) is 30.0 Å². The molecule has 2 aromatic rings. The standard InChI is InChI=1S/C16H21NO3/c1-11(18)12-5-6-17(9-12)10-15-8-13-7-14(19-2)3-4-16(13)20-15/h3-4,7-8,11-12,18H,5-6,9-10H2,1-2H3.